The van der Waals surface area contributed by atoms with E-state index in [2.05, 4.69) is 15.3 Å². The molecule has 1 amide bonds. The van der Waals surface area contributed by atoms with Gasteiger partial charge in [0.15, 0.2) is 6.10 Å². The number of anilines is 1. The molecule has 26 heavy (non-hydrogen) atoms. The topological polar surface area (TPSA) is 81.2 Å². The molecular weight excluding hydrogens is 354 g/mol. The molecule has 0 bridgehead atoms. The molecule has 6 nitrogen and oxygen atoms in total. The molecule has 132 valence electrons. The molecule has 0 radical (unpaired) electrons. The molecule has 0 aliphatic rings. The molecule has 3 aromatic rings. The Labute approximate surface area is 155 Å². The van der Waals surface area contributed by atoms with Gasteiger partial charge in [-0.05, 0) is 49.7 Å². The number of amides is 1. The number of halogens is 1. The fourth-order valence-corrected chi connectivity index (χ4v) is 2.51. The van der Waals surface area contributed by atoms with Crippen molar-refractivity contribution < 1.29 is 14.3 Å². The Kier molecular flexibility index (Phi) is 5.14. The van der Waals surface area contributed by atoms with Crippen molar-refractivity contribution in [2.75, 3.05) is 5.32 Å². The molecule has 1 N–H and O–H groups in total. The number of hydrogen-bond acceptors (Lipinski definition) is 5. The highest BCUT2D eigenvalue weighted by Gasteiger charge is 2.20. The van der Waals surface area contributed by atoms with Crippen LogP contribution in [0.4, 0.5) is 5.69 Å². The van der Waals surface area contributed by atoms with E-state index in [9.17, 15) is 9.59 Å². The first-order valence-electron chi connectivity index (χ1n) is 7.93. The van der Waals surface area contributed by atoms with Crippen molar-refractivity contribution in [3.8, 4) is 0 Å². The summed E-state index contributed by atoms with van der Waals surface area (Å²) in [5.74, 6) is -1.05. The number of hydrogen-bond donors (Lipinski definition) is 1. The van der Waals surface area contributed by atoms with Gasteiger partial charge in [0, 0.05) is 23.1 Å². The van der Waals surface area contributed by atoms with Gasteiger partial charge >= 0.3 is 5.97 Å². The van der Waals surface area contributed by atoms with Crippen molar-refractivity contribution in [2.45, 2.75) is 20.0 Å². The Hall–Kier alpha value is -2.99. The molecule has 0 saturated heterocycles. The van der Waals surface area contributed by atoms with Crippen molar-refractivity contribution >= 4 is 40.2 Å². The normalized spacial score (nSPS) is 11.8. The second-order valence-corrected chi connectivity index (χ2v) is 6.19. The standard InChI is InChI=1S/C19H16ClN3O3/c1-11-3-5-14(20)10-16(11)23-18(24)12(2)26-19(25)13-4-6-15-17(9-13)22-8-7-21-15/h3-10,12H,1-2H3,(H,23,24)/t12-/m1/s1. The molecule has 1 aromatic heterocycles. The highest BCUT2D eigenvalue weighted by Crippen LogP contribution is 2.20. The molecule has 0 fully saturated rings. The number of ether oxygens (including phenoxy) is 1. The number of aryl methyl sites for hydroxylation is 1. The van der Waals surface area contributed by atoms with Gasteiger partial charge in [0.2, 0.25) is 0 Å². The molecule has 0 aliphatic carbocycles. The van der Waals surface area contributed by atoms with E-state index in [-0.39, 0.29) is 0 Å². The van der Waals surface area contributed by atoms with Gasteiger partial charge in [0.25, 0.3) is 5.91 Å². The Morgan fingerprint density at radius 3 is 2.58 bits per heavy atom. The molecular formula is C19H16ClN3O3. The van der Waals surface area contributed by atoms with Gasteiger partial charge in [-0.3, -0.25) is 14.8 Å². The smallest absolute Gasteiger partial charge is 0.338 e. The first-order chi connectivity index (χ1) is 12.4. The van der Waals surface area contributed by atoms with Gasteiger partial charge in [0.1, 0.15) is 0 Å². The summed E-state index contributed by atoms with van der Waals surface area (Å²) in [4.78, 5) is 32.9. The molecule has 7 heteroatoms. The van der Waals surface area contributed by atoms with Crippen molar-refractivity contribution in [2.24, 2.45) is 0 Å². The van der Waals surface area contributed by atoms with Crippen molar-refractivity contribution in [3.63, 3.8) is 0 Å². The summed E-state index contributed by atoms with van der Waals surface area (Å²) in [6.45, 7) is 3.35. The zero-order valence-corrected chi connectivity index (χ0v) is 14.9. The minimum absolute atomic E-state index is 0.302. The van der Waals surface area contributed by atoms with Gasteiger partial charge in [-0.15, -0.1) is 0 Å². The molecule has 0 unspecified atom stereocenters. The van der Waals surface area contributed by atoms with Gasteiger partial charge in [-0.25, -0.2) is 4.79 Å². The zero-order chi connectivity index (χ0) is 18.7. The van der Waals surface area contributed by atoms with Crippen LogP contribution in [0.2, 0.25) is 5.02 Å². The SMILES string of the molecule is Cc1ccc(Cl)cc1NC(=O)[C@@H](C)OC(=O)c1ccc2nccnc2c1. The lowest BCUT2D eigenvalue weighted by molar-refractivity contribution is -0.123. The molecule has 3 rings (SSSR count). The Morgan fingerprint density at radius 1 is 1.08 bits per heavy atom. The first-order valence-corrected chi connectivity index (χ1v) is 8.30. The minimum Gasteiger partial charge on any atom is -0.449 e. The highest BCUT2D eigenvalue weighted by atomic mass is 35.5. The van der Waals surface area contributed by atoms with Crippen LogP contribution < -0.4 is 5.32 Å². The van der Waals surface area contributed by atoms with Crippen LogP contribution in [0.3, 0.4) is 0 Å². The van der Waals surface area contributed by atoms with E-state index in [4.69, 9.17) is 16.3 Å². The van der Waals surface area contributed by atoms with Crippen molar-refractivity contribution in [3.05, 3.63) is 64.9 Å². The van der Waals surface area contributed by atoms with Crippen LogP contribution in [0.1, 0.15) is 22.8 Å². The largest absolute Gasteiger partial charge is 0.449 e. The maximum absolute atomic E-state index is 12.3. The minimum atomic E-state index is -0.974. The Morgan fingerprint density at radius 2 is 1.81 bits per heavy atom. The van der Waals surface area contributed by atoms with E-state index in [1.165, 1.54) is 6.92 Å². The fourth-order valence-electron chi connectivity index (χ4n) is 2.34. The van der Waals surface area contributed by atoms with E-state index < -0.39 is 18.0 Å². The Bertz CT molecular complexity index is 991. The number of esters is 1. The summed E-state index contributed by atoms with van der Waals surface area (Å²) >= 11 is 5.94. The van der Waals surface area contributed by atoms with Crippen LogP contribution in [-0.4, -0.2) is 27.9 Å². The third-order valence-electron chi connectivity index (χ3n) is 3.82. The van der Waals surface area contributed by atoms with Crippen LogP contribution in [0.5, 0.6) is 0 Å². The lowest BCUT2D eigenvalue weighted by Gasteiger charge is -2.15. The molecule has 1 atom stereocenters. The number of rotatable bonds is 4. The molecule has 0 saturated carbocycles. The Balaban J connectivity index is 1.69. The van der Waals surface area contributed by atoms with E-state index in [0.29, 0.717) is 27.3 Å². The van der Waals surface area contributed by atoms with E-state index >= 15 is 0 Å². The van der Waals surface area contributed by atoms with Crippen LogP contribution in [0.25, 0.3) is 11.0 Å². The van der Waals surface area contributed by atoms with Crippen LogP contribution >= 0.6 is 11.6 Å². The van der Waals surface area contributed by atoms with Gasteiger partial charge in [-0.1, -0.05) is 17.7 Å². The predicted molar refractivity (Wildman–Crippen MR) is 99.2 cm³/mol. The van der Waals surface area contributed by atoms with E-state index in [1.54, 1.807) is 48.8 Å². The number of nitrogens with zero attached hydrogens (tertiary/aromatic N) is 2. The number of nitrogens with one attached hydrogen (secondary N) is 1. The summed E-state index contributed by atoms with van der Waals surface area (Å²) in [7, 11) is 0. The summed E-state index contributed by atoms with van der Waals surface area (Å²) in [6.07, 6.45) is 2.14. The summed E-state index contributed by atoms with van der Waals surface area (Å²) in [5.41, 5.74) is 2.98. The number of benzene rings is 2. The molecule has 2 aromatic carbocycles. The second-order valence-electron chi connectivity index (χ2n) is 5.76. The maximum atomic E-state index is 12.3. The van der Waals surface area contributed by atoms with E-state index in [0.717, 1.165) is 5.56 Å². The number of aromatic nitrogens is 2. The monoisotopic (exact) mass is 369 g/mol. The van der Waals surface area contributed by atoms with Crippen molar-refractivity contribution in [1.82, 2.24) is 9.97 Å². The molecule has 0 spiro atoms. The zero-order valence-electron chi connectivity index (χ0n) is 14.2. The average Bonchev–Trinajstić information content (AvgIpc) is 2.64. The van der Waals surface area contributed by atoms with Gasteiger partial charge < -0.3 is 10.1 Å². The number of carbonyl (C=O) groups excluding carboxylic acids is 2. The van der Waals surface area contributed by atoms with E-state index in [1.807, 2.05) is 6.92 Å². The predicted octanol–water partition coefficient (Wildman–Crippen LogP) is 3.78. The molecule has 0 aliphatic heterocycles. The van der Waals surface area contributed by atoms with Gasteiger partial charge in [-0.2, -0.15) is 0 Å². The average molecular weight is 370 g/mol. The first kappa shape index (κ1) is 17.8. The van der Waals surface area contributed by atoms with Crippen LogP contribution in [0.15, 0.2) is 48.8 Å². The number of carbonyl (C=O) groups is 2. The highest BCUT2D eigenvalue weighted by molar-refractivity contribution is 6.31. The summed E-state index contributed by atoms with van der Waals surface area (Å²) < 4.78 is 5.26. The second kappa shape index (κ2) is 7.49. The van der Waals surface area contributed by atoms with Crippen LogP contribution in [0, 0.1) is 6.92 Å². The third kappa shape index (κ3) is 3.97. The number of fused-ring (bicyclic) bond motifs is 1. The quantitative estimate of drug-likeness (QED) is 0.708. The molecule has 1 heterocycles. The third-order valence-corrected chi connectivity index (χ3v) is 4.05. The van der Waals surface area contributed by atoms with Crippen molar-refractivity contribution in [1.29, 1.82) is 0 Å². The maximum Gasteiger partial charge on any atom is 0.338 e. The summed E-state index contributed by atoms with van der Waals surface area (Å²) in [6, 6.07) is 10.0. The fraction of sp³-hybridized carbons (Fsp3) is 0.158. The summed E-state index contributed by atoms with van der Waals surface area (Å²) in [5, 5.41) is 3.22. The lowest BCUT2D eigenvalue weighted by atomic mass is 10.2. The van der Waals surface area contributed by atoms with Crippen LogP contribution in [-0.2, 0) is 9.53 Å². The lowest BCUT2D eigenvalue weighted by Crippen LogP contribution is -2.30. The van der Waals surface area contributed by atoms with Gasteiger partial charge in [0.05, 0.1) is 16.6 Å².